The van der Waals surface area contributed by atoms with Crippen LogP contribution in [0.5, 0.6) is 0 Å². The van der Waals surface area contributed by atoms with E-state index in [-0.39, 0.29) is 5.54 Å². The third-order valence-electron chi connectivity index (χ3n) is 4.32. The molecule has 2 aliphatic rings. The lowest BCUT2D eigenvalue weighted by Crippen LogP contribution is -2.46. The highest BCUT2D eigenvalue weighted by Gasteiger charge is 2.48. The van der Waals surface area contributed by atoms with Gasteiger partial charge in [0.1, 0.15) is 0 Å². The summed E-state index contributed by atoms with van der Waals surface area (Å²) in [6, 6.07) is 2.15. The van der Waals surface area contributed by atoms with Gasteiger partial charge in [-0.15, -0.1) is 0 Å². The van der Waals surface area contributed by atoms with E-state index in [9.17, 15) is 0 Å². The molecule has 0 aliphatic heterocycles. The van der Waals surface area contributed by atoms with Crippen LogP contribution in [0.2, 0.25) is 0 Å². The van der Waals surface area contributed by atoms with Gasteiger partial charge in [-0.25, -0.2) is 0 Å². The number of nitrogens with two attached hydrogens (primary N) is 1. The Kier molecular flexibility index (Phi) is 2.55. The van der Waals surface area contributed by atoms with Crippen molar-refractivity contribution in [1.29, 1.82) is 0 Å². The van der Waals surface area contributed by atoms with Gasteiger partial charge in [0, 0.05) is 22.4 Å². The Hall–Kier alpha value is -0.410. The van der Waals surface area contributed by atoms with Crippen LogP contribution in [-0.2, 0) is 6.42 Å². The molecule has 1 aromatic rings. The predicted molar refractivity (Wildman–Crippen MR) is 68.0 cm³/mol. The van der Waals surface area contributed by atoms with Gasteiger partial charge in [-0.3, -0.25) is 4.98 Å². The summed E-state index contributed by atoms with van der Waals surface area (Å²) in [5.74, 6) is 1.64. The van der Waals surface area contributed by atoms with Gasteiger partial charge < -0.3 is 5.73 Å². The fourth-order valence-corrected chi connectivity index (χ4v) is 4.05. The Morgan fingerprint density at radius 1 is 1.44 bits per heavy atom. The van der Waals surface area contributed by atoms with Crippen LogP contribution in [0, 0.1) is 11.8 Å². The molecular formula is C13H17BrN2. The van der Waals surface area contributed by atoms with E-state index in [1.54, 1.807) is 0 Å². The summed E-state index contributed by atoms with van der Waals surface area (Å²) in [7, 11) is 0. The predicted octanol–water partition coefficient (Wildman–Crippen LogP) is 2.90. The van der Waals surface area contributed by atoms with Crippen molar-refractivity contribution in [3.63, 3.8) is 0 Å². The average Bonchev–Trinajstić information content (AvgIpc) is 2.76. The highest BCUT2D eigenvalue weighted by molar-refractivity contribution is 9.10. The Balaban J connectivity index is 1.79. The number of halogens is 1. The quantitative estimate of drug-likeness (QED) is 0.905. The van der Waals surface area contributed by atoms with Gasteiger partial charge in [0.05, 0.1) is 0 Å². The van der Waals surface area contributed by atoms with Gasteiger partial charge >= 0.3 is 0 Å². The monoisotopic (exact) mass is 280 g/mol. The third-order valence-corrected chi connectivity index (χ3v) is 4.75. The zero-order chi connectivity index (χ0) is 11.2. The zero-order valence-corrected chi connectivity index (χ0v) is 10.9. The second-order valence-electron chi connectivity index (χ2n) is 5.50. The van der Waals surface area contributed by atoms with Crippen LogP contribution in [0.15, 0.2) is 22.9 Å². The average molecular weight is 281 g/mol. The lowest BCUT2D eigenvalue weighted by molar-refractivity contribution is 0.269. The van der Waals surface area contributed by atoms with Gasteiger partial charge in [0.2, 0.25) is 0 Å². The number of pyridine rings is 1. The van der Waals surface area contributed by atoms with Crippen molar-refractivity contribution in [3.05, 3.63) is 28.5 Å². The molecule has 0 amide bonds. The largest absolute Gasteiger partial charge is 0.325 e. The minimum absolute atomic E-state index is 0.0470. The molecular weight excluding hydrogens is 264 g/mol. The lowest BCUT2D eigenvalue weighted by Gasteiger charge is -2.34. The zero-order valence-electron chi connectivity index (χ0n) is 9.32. The maximum atomic E-state index is 6.58. The summed E-state index contributed by atoms with van der Waals surface area (Å²) in [4.78, 5) is 4.22. The fraction of sp³-hybridized carbons (Fsp3) is 0.615. The number of hydrogen-bond acceptors (Lipinski definition) is 2. The van der Waals surface area contributed by atoms with Gasteiger partial charge in [-0.05, 0) is 65.1 Å². The van der Waals surface area contributed by atoms with E-state index in [1.165, 1.54) is 31.2 Å². The van der Waals surface area contributed by atoms with E-state index >= 15 is 0 Å². The van der Waals surface area contributed by atoms with Crippen LogP contribution in [0.25, 0.3) is 0 Å². The first-order valence-electron chi connectivity index (χ1n) is 6.04. The number of rotatable bonds is 2. The van der Waals surface area contributed by atoms with Crippen molar-refractivity contribution in [3.8, 4) is 0 Å². The number of nitrogens with zero attached hydrogens (tertiary/aromatic N) is 1. The minimum atomic E-state index is 0.0470. The summed E-state index contributed by atoms with van der Waals surface area (Å²) in [6.45, 7) is 0. The third kappa shape index (κ3) is 1.80. The first-order valence-corrected chi connectivity index (χ1v) is 6.83. The Bertz CT molecular complexity index is 407. The Labute approximate surface area is 105 Å². The van der Waals surface area contributed by atoms with Crippen LogP contribution in [0.3, 0.4) is 0 Å². The van der Waals surface area contributed by atoms with Gasteiger partial charge in [0.25, 0.3) is 0 Å². The maximum Gasteiger partial charge on any atom is 0.0410 e. The summed E-state index contributed by atoms with van der Waals surface area (Å²) >= 11 is 3.47. The summed E-state index contributed by atoms with van der Waals surface area (Å²) in [6.07, 6.45) is 10.1. The molecule has 86 valence electrons. The fourth-order valence-electron chi connectivity index (χ4n) is 3.64. The first-order chi connectivity index (χ1) is 7.66. The van der Waals surface area contributed by atoms with Crippen molar-refractivity contribution in [2.75, 3.05) is 0 Å². The molecule has 0 radical (unpaired) electrons. The van der Waals surface area contributed by atoms with Gasteiger partial charge in [0.15, 0.2) is 0 Å². The topological polar surface area (TPSA) is 38.9 Å². The SMILES string of the molecule is NC1(Cc2cncc(Br)c2)CC2CCC1C2. The van der Waals surface area contributed by atoms with E-state index in [2.05, 4.69) is 27.0 Å². The second kappa shape index (κ2) is 3.81. The smallest absolute Gasteiger partial charge is 0.0410 e. The van der Waals surface area contributed by atoms with E-state index in [0.717, 1.165) is 22.7 Å². The highest BCUT2D eigenvalue weighted by Crippen LogP contribution is 2.50. The highest BCUT2D eigenvalue weighted by atomic mass is 79.9. The number of fused-ring (bicyclic) bond motifs is 2. The summed E-state index contributed by atoms with van der Waals surface area (Å²) < 4.78 is 1.05. The summed E-state index contributed by atoms with van der Waals surface area (Å²) in [5.41, 5.74) is 7.90. The second-order valence-corrected chi connectivity index (χ2v) is 6.42. The standard InChI is InChI=1S/C13H17BrN2/c14-12-4-10(7-16-8-12)6-13(15)5-9-1-2-11(13)3-9/h4,7-9,11H,1-3,5-6,15H2. The van der Waals surface area contributed by atoms with Crippen LogP contribution in [-0.4, -0.2) is 10.5 Å². The molecule has 1 heterocycles. The molecule has 3 heteroatoms. The molecule has 1 aromatic heterocycles. The van der Waals surface area contributed by atoms with Crippen LogP contribution in [0.1, 0.15) is 31.2 Å². The van der Waals surface area contributed by atoms with Gasteiger partial charge in [-0.1, -0.05) is 6.42 Å². The van der Waals surface area contributed by atoms with E-state index < -0.39 is 0 Å². The van der Waals surface area contributed by atoms with Crippen molar-refractivity contribution in [2.45, 2.75) is 37.6 Å². The van der Waals surface area contributed by atoms with Crippen molar-refractivity contribution in [1.82, 2.24) is 4.98 Å². The van der Waals surface area contributed by atoms with Crippen LogP contribution < -0.4 is 5.73 Å². The molecule has 3 rings (SSSR count). The molecule has 3 atom stereocenters. The van der Waals surface area contributed by atoms with Crippen LogP contribution in [0.4, 0.5) is 0 Å². The van der Waals surface area contributed by atoms with Crippen LogP contribution >= 0.6 is 15.9 Å². The molecule has 2 fully saturated rings. The Morgan fingerprint density at radius 2 is 2.31 bits per heavy atom. The molecule has 2 bridgehead atoms. The molecule has 2 nitrogen and oxygen atoms in total. The molecule has 2 saturated carbocycles. The van der Waals surface area contributed by atoms with Crippen molar-refractivity contribution in [2.24, 2.45) is 17.6 Å². The van der Waals surface area contributed by atoms with E-state index in [0.29, 0.717) is 0 Å². The molecule has 2 N–H and O–H groups in total. The normalized spacial score (nSPS) is 36.9. The Morgan fingerprint density at radius 3 is 2.94 bits per heavy atom. The lowest BCUT2D eigenvalue weighted by atomic mass is 9.78. The first kappa shape index (κ1) is 10.7. The molecule has 3 unspecified atom stereocenters. The molecule has 0 saturated heterocycles. The summed E-state index contributed by atoms with van der Waals surface area (Å²) in [5, 5.41) is 0. The van der Waals surface area contributed by atoms with E-state index in [4.69, 9.17) is 5.73 Å². The molecule has 2 aliphatic carbocycles. The minimum Gasteiger partial charge on any atom is -0.325 e. The number of aromatic nitrogens is 1. The molecule has 0 aromatic carbocycles. The van der Waals surface area contributed by atoms with Gasteiger partial charge in [-0.2, -0.15) is 0 Å². The van der Waals surface area contributed by atoms with Crippen molar-refractivity contribution < 1.29 is 0 Å². The molecule has 16 heavy (non-hydrogen) atoms. The number of hydrogen-bond donors (Lipinski definition) is 1. The maximum absolute atomic E-state index is 6.58. The molecule has 0 spiro atoms. The van der Waals surface area contributed by atoms with E-state index in [1.807, 2.05) is 12.4 Å². The van der Waals surface area contributed by atoms with Crippen molar-refractivity contribution >= 4 is 15.9 Å².